The molecule has 0 aliphatic rings. The number of fused-ring (bicyclic) bond motifs is 1. The van der Waals surface area contributed by atoms with E-state index >= 15 is 0 Å². The molecule has 1 aromatic heterocycles. The third-order valence-electron chi connectivity index (χ3n) is 4.08. The van der Waals surface area contributed by atoms with Gasteiger partial charge in [-0.15, -0.1) is 0 Å². The van der Waals surface area contributed by atoms with Gasteiger partial charge < -0.3 is 15.2 Å². The number of carbonyl (C=O) groups is 1. The summed E-state index contributed by atoms with van der Waals surface area (Å²) in [4.78, 5) is 12.7. The van der Waals surface area contributed by atoms with E-state index in [1.807, 2.05) is 42.5 Å². The van der Waals surface area contributed by atoms with Crippen molar-refractivity contribution >= 4 is 16.8 Å². The highest BCUT2D eigenvalue weighted by molar-refractivity contribution is 6.05. The number of hydrogen-bond donors (Lipinski definition) is 2. The van der Waals surface area contributed by atoms with E-state index in [9.17, 15) is 4.79 Å². The van der Waals surface area contributed by atoms with E-state index < -0.39 is 0 Å². The molecule has 26 heavy (non-hydrogen) atoms. The van der Waals surface area contributed by atoms with E-state index in [-0.39, 0.29) is 19.1 Å². The number of aliphatic hydroxyl groups is 1. The lowest BCUT2D eigenvalue weighted by atomic mass is 10.1. The van der Waals surface area contributed by atoms with Crippen LogP contribution in [0.2, 0.25) is 0 Å². The molecule has 3 aromatic rings. The summed E-state index contributed by atoms with van der Waals surface area (Å²) in [5.74, 6) is -0.167. The molecule has 1 amide bonds. The number of nitrogens with one attached hydrogen (secondary N) is 1. The summed E-state index contributed by atoms with van der Waals surface area (Å²) < 4.78 is 6.97. The lowest BCUT2D eigenvalue weighted by Gasteiger charge is -2.09. The first kappa shape index (κ1) is 18.1. The summed E-state index contributed by atoms with van der Waals surface area (Å²) in [6, 6.07) is 17.8. The minimum Gasteiger partial charge on any atom is -0.394 e. The van der Waals surface area contributed by atoms with Gasteiger partial charge in [0.2, 0.25) is 0 Å². The zero-order valence-corrected chi connectivity index (χ0v) is 14.6. The Hall–Kier alpha value is -2.70. The monoisotopic (exact) mass is 353 g/mol. The van der Waals surface area contributed by atoms with Crippen LogP contribution in [-0.4, -0.2) is 47.2 Å². The molecule has 3 rings (SSSR count). The Bertz CT molecular complexity index is 846. The largest absolute Gasteiger partial charge is 0.394 e. The number of aromatic nitrogens is 2. The second-order valence-electron chi connectivity index (χ2n) is 5.92. The van der Waals surface area contributed by atoms with Gasteiger partial charge in [0.1, 0.15) is 5.69 Å². The summed E-state index contributed by atoms with van der Waals surface area (Å²) in [5, 5.41) is 17.0. The Morgan fingerprint density at radius 2 is 1.85 bits per heavy atom. The van der Waals surface area contributed by atoms with E-state index in [0.717, 1.165) is 17.3 Å². The maximum absolute atomic E-state index is 12.7. The van der Waals surface area contributed by atoms with Crippen LogP contribution in [0, 0.1) is 0 Å². The number of aryl methyl sites for hydroxylation is 2. The fraction of sp³-hybridized carbons (Fsp3) is 0.300. The average Bonchev–Trinajstić information content (AvgIpc) is 3.05. The first-order valence-corrected chi connectivity index (χ1v) is 8.76. The van der Waals surface area contributed by atoms with Crippen molar-refractivity contribution in [3.8, 4) is 0 Å². The number of hydrogen-bond acceptors (Lipinski definition) is 4. The van der Waals surface area contributed by atoms with Crippen LogP contribution in [0.25, 0.3) is 10.9 Å². The number of nitrogens with zero attached hydrogens (tertiary/aromatic N) is 2. The number of aliphatic hydroxyl groups excluding tert-OH is 1. The third-order valence-corrected chi connectivity index (χ3v) is 4.08. The van der Waals surface area contributed by atoms with Gasteiger partial charge in [0, 0.05) is 18.5 Å². The third kappa shape index (κ3) is 4.47. The summed E-state index contributed by atoms with van der Waals surface area (Å²) in [6.45, 7) is 1.63. The van der Waals surface area contributed by atoms with E-state index in [0.29, 0.717) is 25.4 Å². The van der Waals surface area contributed by atoms with Gasteiger partial charge in [-0.2, -0.15) is 5.10 Å². The normalized spacial score (nSPS) is 11.0. The van der Waals surface area contributed by atoms with Crippen LogP contribution in [0.5, 0.6) is 0 Å². The molecule has 0 fully saturated rings. The quantitative estimate of drug-likeness (QED) is 0.577. The fourth-order valence-corrected chi connectivity index (χ4v) is 2.85. The van der Waals surface area contributed by atoms with Crippen molar-refractivity contribution < 1.29 is 14.6 Å². The summed E-state index contributed by atoms with van der Waals surface area (Å²) in [5.41, 5.74) is 2.58. The molecule has 2 aromatic carbocycles. The number of rotatable bonds is 9. The van der Waals surface area contributed by atoms with Gasteiger partial charge in [0.25, 0.3) is 5.91 Å². The van der Waals surface area contributed by atoms with E-state index in [1.165, 1.54) is 5.56 Å². The molecule has 0 aliphatic carbocycles. The molecule has 2 N–H and O–H groups in total. The summed E-state index contributed by atoms with van der Waals surface area (Å²) >= 11 is 0. The minimum atomic E-state index is -0.167. The van der Waals surface area contributed by atoms with Gasteiger partial charge in [-0.1, -0.05) is 48.5 Å². The predicted octanol–water partition coefficient (Wildman–Crippen LogP) is 2.02. The molecule has 6 heteroatoms. The molecule has 1 heterocycles. The smallest absolute Gasteiger partial charge is 0.270 e. The molecule has 0 radical (unpaired) electrons. The van der Waals surface area contributed by atoms with E-state index in [4.69, 9.17) is 9.84 Å². The summed E-state index contributed by atoms with van der Waals surface area (Å²) in [7, 11) is 0. The van der Waals surface area contributed by atoms with Gasteiger partial charge in [-0.05, 0) is 18.1 Å². The van der Waals surface area contributed by atoms with Crippen molar-refractivity contribution in [3.05, 3.63) is 65.9 Å². The van der Waals surface area contributed by atoms with Crippen LogP contribution in [0.4, 0.5) is 0 Å². The lowest BCUT2D eigenvalue weighted by molar-refractivity contribution is 0.0832. The van der Waals surface area contributed by atoms with Crippen molar-refractivity contribution in [3.63, 3.8) is 0 Å². The van der Waals surface area contributed by atoms with Gasteiger partial charge in [0.15, 0.2) is 0 Å². The molecule has 0 unspecified atom stereocenters. The molecule has 0 saturated carbocycles. The van der Waals surface area contributed by atoms with Crippen LogP contribution in [0.15, 0.2) is 54.6 Å². The lowest BCUT2D eigenvalue weighted by Crippen LogP contribution is -2.30. The number of benzene rings is 2. The highest BCUT2D eigenvalue weighted by Gasteiger charge is 2.17. The zero-order chi connectivity index (χ0) is 18.2. The predicted molar refractivity (Wildman–Crippen MR) is 100 cm³/mol. The maximum atomic E-state index is 12.7. The maximum Gasteiger partial charge on any atom is 0.270 e. The zero-order valence-electron chi connectivity index (χ0n) is 14.6. The van der Waals surface area contributed by atoms with Gasteiger partial charge in [-0.3, -0.25) is 9.48 Å². The first-order chi connectivity index (χ1) is 12.8. The SMILES string of the molecule is O=C(NCCOCCO)c1c2ccccc2nn1CCc1ccccc1. The van der Waals surface area contributed by atoms with Crippen molar-refractivity contribution in [2.45, 2.75) is 13.0 Å². The average molecular weight is 353 g/mol. The van der Waals surface area contributed by atoms with Gasteiger partial charge in [0.05, 0.1) is 25.3 Å². The first-order valence-electron chi connectivity index (χ1n) is 8.76. The number of carbonyl (C=O) groups excluding carboxylic acids is 1. The Morgan fingerprint density at radius 3 is 2.65 bits per heavy atom. The van der Waals surface area contributed by atoms with Crippen molar-refractivity contribution in [2.24, 2.45) is 0 Å². The fourth-order valence-electron chi connectivity index (χ4n) is 2.85. The Labute approximate surface area is 152 Å². The minimum absolute atomic E-state index is 0.0230. The molecule has 0 spiro atoms. The Morgan fingerprint density at radius 1 is 1.08 bits per heavy atom. The second-order valence-corrected chi connectivity index (χ2v) is 5.92. The molecule has 0 atom stereocenters. The summed E-state index contributed by atoms with van der Waals surface area (Å²) in [6.07, 6.45) is 0.800. The van der Waals surface area contributed by atoms with Crippen LogP contribution in [-0.2, 0) is 17.7 Å². The number of amides is 1. The molecule has 6 nitrogen and oxygen atoms in total. The van der Waals surface area contributed by atoms with Gasteiger partial charge >= 0.3 is 0 Å². The Kier molecular flexibility index (Phi) is 6.35. The molecule has 0 aliphatic heterocycles. The molecule has 136 valence electrons. The Balaban J connectivity index is 1.75. The van der Waals surface area contributed by atoms with Gasteiger partial charge in [-0.25, -0.2) is 0 Å². The van der Waals surface area contributed by atoms with Crippen molar-refractivity contribution in [2.75, 3.05) is 26.4 Å². The molecule has 0 bridgehead atoms. The highest BCUT2D eigenvalue weighted by atomic mass is 16.5. The molecular formula is C20H23N3O3. The van der Waals surface area contributed by atoms with Crippen LogP contribution < -0.4 is 5.32 Å². The number of ether oxygens (including phenoxy) is 1. The van der Waals surface area contributed by atoms with Crippen molar-refractivity contribution in [1.82, 2.24) is 15.1 Å². The second kappa shape index (κ2) is 9.12. The molecular weight excluding hydrogens is 330 g/mol. The van der Waals surface area contributed by atoms with E-state index in [2.05, 4.69) is 22.5 Å². The van der Waals surface area contributed by atoms with Crippen LogP contribution in [0.3, 0.4) is 0 Å². The molecule has 0 saturated heterocycles. The van der Waals surface area contributed by atoms with Crippen molar-refractivity contribution in [1.29, 1.82) is 0 Å². The highest BCUT2D eigenvalue weighted by Crippen LogP contribution is 2.18. The van der Waals surface area contributed by atoms with Crippen LogP contribution in [0.1, 0.15) is 16.1 Å². The topological polar surface area (TPSA) is 76.4 Å². The van der Waals surface area contributed by atoms with Crippen LogP contribution >= 0.6 is 0 Å². The van der Waals surface area contributed by atoms with E-state index in [1.54, 1.807) is 4.68 Å². The standard InChI is InChI=1S/C20H23N3O3/c24-13-15-26-14-11-21-20(25)19-17-8-4-5-9-18(17)22-23(19)12-10-16-6-2-1-3-7-16/h1-9,24H,10-15H2,(H,21,25).